The first kappa shape index (κ1) is 23.5. The third-order valence-corrected chi connectivity index (χ3v) is 5.85. The largest absolute Gasteiger partial charge is 0.494 e. The molecular formula is C24H20Cl2N4O4. The number of carbonyl (C=O) groups is 2. The number of anilines is 1. The molecule has 0 atom stereocenters. The lowest BCUT2D eigenvalue weighted by Crippen LogP contribution is -2.18. The number of carbonyl (C=O) groups excluding carboxylic acids is 2. The van der Waals surface area contributed by atoms with Gasteiger partial charge in [-0.25, -0.2) is 9.78 Å². The van der Waals surface area contributed by atoms with E-state index in [4.69, 9.17) is 37.7 Å². The molecule has 0 saturated heterocycles. The lowest BCUT2D eigenvalue weighted by Gasteiger charge is -2.13. The van der Waals surface area contributed by atoms with E-state index >= 15 is 0 Å². The predicted molar refractivity (Wildman–Crippen MR) is 131 cm³/mol. The van der Waals surface area contributed by atoms with Crippen LogP contribution in [0.3, 0.4) is 0 Å². The summed E-state index contributed by atoms with van der Waals surface area (Å²) in [5.74, 6) is -0.0685. The maximum atomic E-state index is 13.0. The van der Waals surface area contributed by atoms with E-state index in [2.05, 4.69) is 10.4 Å². The monoisotopic (exact) mass is 498 g/mol. The zero-order valence-electron chi connectivity index (χ0n) is 18.6. The third-order valence-electron chi connectivity index (χ3n) is 5.11. The second kappa shape index (κ2) is 9.70. The van der Waals surface area contributed by atoms with Gasteiger partial charge in [0.25, 0.3) is 5.91 Å². The van der Waals surface area contributed by atoms with Crippen LogP contribution in [0, 0.1) is 6.92 Å². The van der Waals surface area contributed by atoms with E-state index in [1.165, 1.54) is 29.1 Å². The minimum atomic E-state index is -0.631. The molecule has 34 heavy (non-hydrogen) atoms. The zero-order valence-corrected chi connectivity index (χ0v) is 20.1. The van der Waals surface area contributed by atoms with Crippen molar-refractivity contribution in [2.45, 2.75) is 13.8 Å². The van der Waals surface area contributed by atoms with Crippen molar-refractivity contribution >= 4 is 51.8 Å². The number of nitrogens with zero attached hydrogens (tertiary/aromatic N) is 3. The van der Waals surface area contributed by atoms with E-state index in [0.29, 0.717) is 22.1 Å². The van der Waals surface area contributed by atoms with Gasteiger partial charge in [-0.1, -0.05) is 35.3 Å². The van der Waals surface area contributed by atoms with Gasteiger partial charge in [0.1, 0.15) is 16.8 Å². The number of amides is 1. The predicted octanol–water partition coefficient (Wildman–Crippen LogP) is 5.47. The highest BCUT2D eigenvalue weighted by Crippen LogP contribution is 2.30. The standard InChI is InChI=1S/C24H20Cl2N4O4/c1-4-34-24(32)16-12-27-30(22(16)29-23(31)14-8-9-17(25)18(26)11-14)20-10-13(2)15-6-5-7-19(33-3)21(15)28-20/h5-12H,4H2,1-3H3,(H,29,31). The lowest BCUT2D eigenvalue weighted by molar-refractivity contribution is 0.0527. The number of benzene rings is 2. The second-order valence-corrected chi connectivity index (χ2v) is 8.09. The highest BCUT2D eigenvalue weighted by molar-refractivity contribution is 6.42. The molecule has 8 nitrogen and oxygen atoms in total. The molecule has 0 aliphatic carbocycles. The molecule has 10 heteroatoms. The van der Waals surface area contributed by atoms with E-state index in [-0.39, 0.29) is 28.6 Å². The molecule has 4 aromatic rings. The number of ether oxygens (including phenoxy) is 2. The topological polar surface area (TPSA) is 95.3 Å². The smallest absolute Gasteiger partial charge is 0.343 e. The Morgan fingerprint density at radius 3 is 2.62 bits per heavy atom. The summed E-state index contributed by atoms with van der Waals surface area (Å²) in [6.07, 6.45) is 1.33. The average Bonchev–Trinajstić information content (AvgIpc) is 3.24. The van der Waals surface area contributed by atoms with Crippen LogP contribution in [0.2, 0.25) is 10.0 Å². The molecule has 2 aromatic carbocycles. The number of methoxy groups -OCH3 is 1. The first-order valence-corrected chi connectivity index (χ1v) is 11.1. The summed E-state index contributed by atoms with van der Waals surface area (Å²) in [6.45, 7) is 3.78. The second-order valence-electron chi connectivity index (χ2n) is 7.28. The van der Waals surface area contributed by atoms with Crippen LogP contribution in [0.5, 0.6) is 5.75 Å². The highest BCUT2D eigenvalue weighted by atomic mass is 35.5. The van der Waals surface area contributed by atoms with Crippen LogP contribution < -0.4 is 10.1 Å². The summed E-state index contributed by atoms with van der Waals surface area (Å²) in [5, 5.41) is 8.52. The van der Waals surface area contributed by atoms with Crippen LogP contribution in [-0.2, 0) is 4.74 Å². The van der Waals surface area contributed by atoms with Gasteiger partial charge in [0.05, 0.1) is 30.0 Å². The molecule has 0 radical (unpaired) electrons. The van der Waals surface area contributed by atoms with Gasteiger partial charge in [0, 0.05) is 10.9 Å². The van der Waals surface area contributed by atoms with Crippen molar-refractivity contribution in [3.8, 4) is 11.6 Å². The summed E-state index contributed by atoms with van der Waals surface area (Å²) in [7, 11) is 1.56. The molecule has 0 saturated carbocycles. The summed E-state index contributed by atoms with van der Waals surface area (Å²) in [6, 6.07) is 11.9. The number of esters is 1. The van der Waals surface area contributed by atoms with Crippen molar-refractivity contribution in [2.75, 3.05) is 19.0 Å². The molecule has 1 amide bonds. The summed E-state index contributed by atoms with van der Waals surface area (Å²) < 4.78 is 12.0. The van der Waals surface area contributed by atoms with Crippen molar-refractivity contribution in [2.24, 2.45) is 0 Å². The summed E-state index contributed by atoms with van der Waals surface area (Å²) in [4.78, 5) is 30.3. The van der Waals surface area contributed by atoms with Crippen molar-refractivity contribution in [1.29, 1.82) is 0 Å². The number of pyridine rings is 1. The lowest BCUT2D eigenvalue weighted by atomic mass is 10.1. The van der Waals surface area contributed by atoms with Crippen LogP contribution in [0.25, 0.3) is 16.7 Å². The van der Waals surface area contributed by atoms with Crippen molar-refractivity contribution in [1.82, 2.24) is 14.8 Å². The zero-order chi connectivity index (χ0) is 24.4. The number of hydrogen-bond acceptors (Lipinski definition) is 6. The first-order chi connectivity index (χ1) is 16.3. The average molecular weight is 499 g/mol. The van der Waals surface area contributed by atoms with Crippen molar-refractivity contribution < 1.29 is 19.1 Å². The fraction of sp³-hybridized carbons (Fsp3) is 0.167. The van der Waals surface area contributed by atoms with Crippen LogP contribution >= 0.6 is 23.2 Å². The van der Waals surface area contributed by atoms with Crippen molar-refractivity contribution in [3.63, 3.8) is 0 Å². The Labute approximate surface area is 205 Å². The summed E-state index contributed by atoms with van der Waals surface area (Å²) >= 11 is 12.0. The SMILES string of the molecule is CCOC(=O)c1cnn(-c2cc(C)c3cccc(OC)c3n2)c1NC(=O)c1ccc(Cl)c(Cl)c1. The molecule has 1 N–H and O–H groups in total. The van der Waals surface area contributed by atoms with Crippen LogP contribution in [0.1, 0.15) is 33.2 Å². The minimum absolute atomic E-state index is 0.0786. The molecule has 0 unspecified atom stereocenters. The Morgan fingerprint density at radius 1 is 1.12 bits per heavy atom. The Bertz CT molecular complexity index is 1420. The number of para-hydroxylation sites is 1. The number of rotatable bonds is 6. The molecule has 4 rings (SSSR count). The molecule has 0 bridgehead atoms. The van der Waals surface area contributed by atoms with Gasteiger partial charge in [-0.15, -0.1) is 0 Å². The van der Waals surface area contributed by atoms with Crippen LogP contribution in [0.4, 0.5) is 5.82 Å². The fourth-order valence-electron chi connectivity index (χ4n) is 3.47. The normalized spacial score (nSPS) is 10.9. The number of aryl methyl sites for hydroxylation is 1. The van der Waals surface area contributed by atoms with Gasteiger partial charge < -0.3 is 14.8 Å². The van der Waals surface area contributed by atoms with Crippen molar-refractivity contribution in [3.05, 3.63) is 75.4 Å². The highest BCUT2D eigenvalue weighted by Gasteiger charge is 2.23. The molecule has 0 aliphatic rings. The Morgan fingerprint density at radius 2 is 1.91 bits per heavy atom. The number of hydrogen-bond donors (Lipinski definition) is 1. The Balaban J connectivity index is 1.84. The molecule has 2 heterocycles. The van der Waals surface area contributed by atoms with E-state index in [9.17, 15) is 9.59 Å². The number of nitrogens with one attached hydrogen (secondary N) is 1. The Kier molecular flexibility index (Phi) is 6.72. The molecule has 174 valence electrons. The van der Waals surface area contributed by atoms with Gasteiger partial charge in [-0.05, 0) is 49.7 Å². The van der Waals surface area contributed by atoms with Gasteiger partial charge in [-0.3, -0.25) is 4.79 Å². The third kappa shape index (κ3) is 4.42. The fourth-order valence-corrected chi connectivity index (χ4v) is 3.76. The van der Waals surface area contributed by atoms with Crippen LogP contribution in [-0.4, -0.2) is 40.4 Å². The number of fused-ring (bicyclic) bond motifs is 1. The van der Waals surface area contributed by atoms with Gasteiger partial charge in [-0.2, -0.15) is 9.78 Å². The quantitative estimate of drug-likeness (QED) is 0.354. The van der Waals surface area contributed by atoms with E-state index in [0.717, 1.165) is 10.9 Å². The molecule has 0 spiro atoms. The van der Waals surface area contributed by atoms with Gasteiger partial charge in [0.15, 0.2) is 11.6 Å². The van der Waals surface area contributed by atoms with Crippen LogP contribution in [0.15, 0.2) is 48.7 Å². The Hall–Kier alpha value is -3.62. The van der Waals surface area contributed by atoms with E-state index in [1.54, 1.807) is 26.2 Å². The minimum Gasteiger partial charge on any atom is -0.494 e. The number of halogens is 2. The van der Waals surface area contributed by atoms with E-state index in [1.807, 2.05) is 19.1 Å². The number of aromatic nitrogens is 3. The van der Waals surface area contributed by atoms with Gasteiger partial charge in [0.2, 0.25) is 0 Å². The van der Waals surface area contributed by atoms with Gasteiger partial charge >= 0.3 is 5.97 Å². The maximum Gasteiger partial charge on any atom is 0.343 e. The first-order valence-electron chi connectivity index (χ1n) is 10.3. The molecule has 0 fully saturated rings. The molecule has 2 aromatic heterocycles. The molecule has 0 aliphatic heterocycles. The molecular weight excluding hydrogens is 479 g/mol. The summed E-state index contributed by atoms with van der Waals surface area (Å²) in [5.41, 5.74) is 1.86. The van der Waals surface area contributed by atoms with E-state index < -0.39 is 11.9 Å². The maximum absolute atomic E-state index is 13.0.